The van der Waals surface area contributed by atoms with Crippen molar-refractivity contribution in [3.8, 4) is 0 Å². The number of benzene rings is 2. The van der Waals surface area contributed by atoms with Gasteiger partial charge in [-0.15, -0.1) is 0 Å². The van der Waals surface area contributed by atoms with Gasteiger partial charge in [-0.05, 0) is 23.3 Å². The molecule has 0 amide bonds. The van der Waals surface area contributed by atoms with E-state index in [0.29, 0.717) is 13.2 Å². The predicted molar refractivity (Wildman–Crippen MR) is 68.8 cm³/mol. The van der Waals surface area contributed by atoms with Gasteiger partial charge >= 0.3 is 0 Å². The highest BCUT2D eigenvalue weighted by Crippen LogP contribution is 2.29. The van der Waals surface area contributed by atoms with Gasteiger partial charge in [-0.25, -0.2) is 8.78 Å². The molecule has 98 valence electrons. The lowest BCUT2D eigenvalue weighted by Gasteiger charge is -2.27. The van der Waals surface area contributed by atoms with E-state index in [9.17, 15) is 8.78 Å². The maximum Gasteiger partial charge on any atom is 0.149 e. The Morgan fingerprint density at radius 3 is 2.53 bits per heavy atom. The first-order valence-corrected chi connectivity index (χ1v) is 6.12. The third-order valence-corrected chi connectivity index (χ3v) is 3.25. The van der Waals surface area contributed by atoms with Crippen LogP contribution in [0.25, 0.3) is 0 Å². The van der Waals surface area contributed by atoms with Gasteiger partial charge in [0.2, 0.25) is 0 Å². The maximum absolute atomic E-state index is 13.6. The van der Waals surface area contributed by atoms with E-state index in [1.807, 2.05) is 24.3 Å². The van der Waals surface area contributed by atoms with Crippen LogP contribution in [0, 0.1) is 11.6 Å². The fourth-order valence-electron chi connectivity index (χ4n) is 2.31. The Morgan fingerprint density at radius 2 is 1.74 bits per heavy atom. The van der Waals surface area contributed by atoms with Crippen molar-refractivity contribution in [2.45, 2.75) is 12.6 Å². The van der Waals surface area contributed by atoms with Gasteiger partial charge in [0.05, 0.1) is 19.3 Å². The smallest absolute Gasteiger partial charge is 0.149 e. The van der Waals surface area contributed by atoms with Gasteiger partial charge in [-0.3, -0.25) is 0 Å². The number of fused-ring (bicyclic) bond motifs is 1. The summed E-state index contributed by atoms with van der Waals surface area (Å²) in [5.41, 5.74) is 1.97. The number of nitrogens with one attached hydrogen (secondary N) is 1. The molecule has 1 unspecified atom stereocenters. The number of halogens is 2. The van der Waals surface area contributed by atoms with Crippen LogP contribution in [0.4, 0.5) is 14.5 Å². The largest absolute Gasteiger partial charge is 0.374 e. The molecule has 0 fully saturated rings. The van der Waals surface area contributed by atoms with Crippen LogP contribution >= 0.6 is 0 Å². The van der Waals surface area contributed by atoms with E-state index in [0.717, 1.165) is 11.1 Å². The fourth-order valence-corrected chi connectivity index (χ4v) is 2.31. The van der Waals surface area contributed by atoms with Crippen LogP contribution in [0.15, 0.2) is 42.5 Å². The average Bonchev–Trinajstić information content (AvgIpc) is 2.43. The normalized spacial score (nSPS) is 17.9. The first-order chi connectivity index (χ1) is 9.25. The van der Waals surface area contributed by atoms with Crippen molar-refractivity contribution in [3.63, 3.8) is 0 Å². The van der Waals surface area contributed by atoms with Crippen LogP contribution in [0.5, 0.6) is 0 Å². The zero-order valence-corrected chi connectivity index (χ0v) is 10.2. The molecule has 1 atom stereocenters. The molecule has 0 aromatic heterocycles. The van der Waals surface area contributed by atoms with Gasteiger partial charge in [0.1, 0.15) is 17.3 Å². The first-order valence-electron chi connectivity index (χ1n) is 6.12. The van der Waals surface area contributed by atoms with Gasteiger partial charge < -0.3 is 10.1 Å². The zero-order valence-electron chi connectivity index (χ0n) is 10.2. The van der Waals surface area contributed by atoms with Gasteiger partial charge in [0.25, 0.3) is 0 Å². The predicted octanol–water partition coefficient (Wildman–Crippen LogP) is 3.65. The monoisotopic (exact) mass is 261 g/mol. The minimum absolute atomic E-state index is 0.104. The molecule has 1 heterocycles. The number of rotatable bonds is 2. The van der Waals surface area contributed by atoms with E-state index in [2.05, 4.69) is 5.32 Å². The van der Waals surface area contributed by atoms with Crippen molar-refractivity contribution < 1.29 is 13.5 Å². The molecular formula is C15H13F2NO. The quantitative estimate of drug-likeness (QED) is 0.891. The zero-order chi connectivity index (χ0) is 13.2. The van der Waals surface area contributed by atoms with Crippen molar-refractivity contribution in [2.75, 3.05) is 11.9 Å². The van der Waals surface area contributed by atoms with Crippen LogP contribution < -0.4 is 5.32 Å². The summed E-state index contributed by atoms with van der Waals surface area (Å²) in [5, 5.41) is 2.90. The molecule has 3 rings (SSSR count). The Labute approximate surface area is 110 Å². The van der Waals surface area contributed by atoms with Crippen molar-refractivity contribution in [1.29, 1.82) is 0 Å². The maximum atomic E-state index is 13.6. The molecule has 1 aliphatic heterocycles. The van der Waals surface area contributed by atoms with Gasteiger partial charge in [0, 0.05) is 0 Å². The summed E-state index contributed by atoms with van der Waals surface area (Å²) < 4.78 is 32.7. The molecule has 2 nitrogen and oxygen atoms in total. The Bertz CT molecular complexity index is 580. The van der Waals surface area contributed by atoms with E-state index in [1.165, 1.54) is 18.2 Å². The highest BCUT2D eigenvalue weighted by molar-refractivity contribution is 5.49. The lowest BCUT2D eigenvalue weighted by Crippen LogP contribution is -2.24. The molecule has 0 aliphatic carbocycles. The highest BCUT2D eigenvalue weighted by Gasteiger charge is 2.22. The molecule has 1 aliphatic rings. The Kier molecular flexibility index (Phi) is 3.17. The van der Waals surface area contributed by atoms with Gasteiger partial charge in [-0.1, -0.05) is 30.3 Å². The Hall–Kier alpha value is -1.94. The number of ether oxygens (including phenoxy) is 1. The summed E-state index contributed by atoms with van der Waals surface area (Å²) in [6.45, 7) is 0.929. The number of para-hydroxylation sites is 1. The van der Waals surface area contributed by atoms with Gasteiger partial charge in [0.15, 0.2) is 0 Å². The summed E-state index contributed by atoms with van der Waals surface area (Å²) in [6.07, 6.45) is 0. The molecule has 0 spiro atoms. The standard InChI is InChI=1S/C15H13F2NO/c16-12-6-3-7-13(17)15(12)18-14-9-19-8-10-4-1-2-5-11(10)14/h1-7,14,18H,8-9H2. The summed E-state index contributed by atoms with van der Waals surface area (Å²) in [5.74, 6) is -1.19. The van der Waals surface area contributed by atoms with E-state index in [4.69, 9.17) is 4.74 Å². The second-order valence-corrected chi connectivity index (χ2v) is 4.51. The second kappa shape index (κ2) is 4.97. The SMILES string of the molecule is Fc1cccc(F)c1NC1COCc2ccccc21. The molecule has 19 heavy (non-hydrogen) atoms. The minimum atomic E-state index is -0.594. The van der Waals surface area contributed by atoms with E-state index < -0.39 is 11.6 Å². The molecule has 1 N–H and O–H groups in total. The van der Waals surface area contributed by atoms with Crippen LogP contribution in [0.2, 0.25) is 0 Å². The minimum Gasteiger partial charge on any atom is -0.374 e. The lowest BCUT2D eigenvalue weighted by atomic mass is 9.99. The third kappa shape index (κ3) is 2.31. The number of anilines is 1. The van der Waals surface area contributed by atoms with E-state index in [1.54, 1.807) is 0 Å². The van der Waals surface area contributed by atoms with Crippen LogP contribution in [-0.2, 0) is 11.3 Å². The topological polar surface area (TPSA) is 21.3 Å². The molecule has 0 bridgehead atoms. The first kappa shape index (κ1) is 12.1. The molecule has 2 aromatic carbocycles. The van der Waals surface area contributed by atoms with Crippen LogP contribution in [-0.4, -0.2) is 6.61 Å². The number of hydrogen-bond acceptors (Lipinski definition) is 2. The van der Waals surface area contributed by atoms with Crippen molar-refractivity contribution in [1.82, 2.24) is 0 Å². The summed E-state index contributed by atoms with van der Waals surface area (Å²) >= 11 is 0. The third-order valence-electron chi connectivity index (χ3n) is 3.25. The van der Waals surface area contributed by atoms with Crippen LogP contribution in [0.1, 0.15) is 17.2 Å². The van der Waals surface area contributed by atoms with Gasteiger partial charge in [-0.2, -0.15) is 0 Å². The van der Waals surface area contributed by atoms with Crippen molar-refractivity contribution in [3.05, 3.63) is 65.2 Å². The molecule has 4 heteroatoms. The fraction of sp³-hybridized carbons (Fsp3) is 0.200. The summed E-state index contributed by atoms with van der Waals surface area (Å²) in [7, 11) is 0. The summed E-state index contributed by atoms with van der Waals surface area (Å²) in [4.78, 5) is 0. The molecule has 0 radical (unpaired) electrons. The van der Waals surface area contributed by atoms with E-state index in [-0.39, 0.29) is 11.7 Å². The molecule has 0 saturated heterocycles. The lowest BCUT2D eigenvalue weighted by molar-refractivity contribution is 0.0968. The Balaban J connectivity index is 1.93. The molecule has 0 saturated carbocycles. The van der Waals surface area contributed by atoms with Crippen LogP contribution in [0.3, 0.4) is 0 Å². The molecular weight excluding hydrogens is 248 g/mol. The molecule has 2 aromatic rings. The summed E-state index contributed by atoms with van der Waals surface area (Å²) in [6, 6.07) is 11.3. The number of hydrogen-bond donors (Lipinski definition) is 1. The van der Waals surface area contributed by atoms with Crippen molar-refractivity contribution >= 4 is 5.69 Å². The van der Waals surface area contributed by atoms with Crippen molar-refractivity contribution in [2.24, 2.45) is 0 Å². The van der Waals surface area contributed by atoms with E-state index >= 15 is 0 Å². The second-order valence-electron chi connectivity index (χ2n) is 4.51. The highest BCUT2D eigenvalue weighted by atomic mass is 19.1. The Morgan fingerprint density at radius 1 is 1.00 bits per heavy atom. The average molecular weight is 261 g/mol.